The highest BCUT2D eigenvalue weighted by Gasteiger charge is 2.13. The Morgan fingerprint density at radius 1 is 1.59 bits per heavy atom. The second-order valence-electron chi connectivity index (χ2n) is 4.20. The molecule has 2 N–H and O–H groups in total. The van der Waals surface area contributed by atoms with Crippen LogP contribution in [0.1, 0.15) is 24.0 Å². The average Bonchev–Trinajstić information content (AvgIpc) is 2.73. The van der Waals surface area contributed by atoms with Crippen molar-refractivity contribution in [3.8, 4) is 0 Å². The van der Waals surface area contributed by atoms with Crippen molar-refractivity contribution in [2.75, 3.05) is 25.6 Å². The molecule has 0 bridgehead atoms. The Morgan fingerprint density at radius 2 is 2.35 bits per heavy atom. The van der Waals surface area contributed by atoms with Crippen LogP contribution in [0.25, 0.3) is 0 Å². The van der Waals surface area contributed by atoms with Gasteiger partial charge in [-0.1, -0.05) is 6.92 Å². The summed E-state index contributed by atoms with van der Waals surface area (Å²) < 4.78 is 0. The highest BCUT2D eigenvalue weighted by molar-refractivity contribution is 7.98. The van der Waals surface area contributed by atoms with Crippen LogP contribution in [0, 0.1) is 0 Å². The van der Waals surface area contributed by atoms with E-state index in [0.717, 1.165) is 18.0 Å². The predicted octanol–water partition coefficient (Wildman–Crippen LogP) is 2.22. The third-order valence-corrected chi connectivity index (χ3v) is 4.50. The molecule has 0 aromatic carbocycles. The molecule has 1 aromatic rings. The van der Waals surface area contributed by atoms with Gasteiger partial charge >= 0.3 is 0 Å². The van der Waals surface area contributed by atoms with E-state index in [1.807, 2.05) is 11.8 Å². The summed E-state index contributed by atoms with van der Waals surface area (Å²) in [6.07, 6.45) is 4.26. The van der Waals surface area contributed by atoms with E-state index >= 15 is 0 Å². The van der Waals surface area contributed by atoms with E-state index in [1.54, 1.807) is 11.3 Å². The largest absolute Gasteiger partial charge is 0.330 e. The van der Waals surface area contributed by atoms with E-state index in [1.165, 1.54) is 17.9 Å². The van der Waals surface area contributed by atoms with E-state index in [9.17, 15) is 0 Å². The minimum Gasteiger partial charge on any atom is -0.330 e. The number of rotatable bonds is 8. The lowest BCUT2D eigenvalue weighted by molar-refractivity contribution is 0.245. The molecule has 1 aromatic heterocycles. The van der Waals surface area contributed by atoms with Gasteiger partial charge in [0.2, 0.25) is 0 Å². The maximum atomic E-state index is 5.53. The molecule has 0 aliphatic rings. The second kappa shape index (κ2) is 8.08. The molecule has 3 nitrogen and oxygen atoms in total. The van der Waals surface area contributed by atoms with Crippen LogP contribution < -0.4 is 5.73 Å². The molecule has 0 spiro atoms. The van der Waals surface area contributed by atoms with Crippen LogP contribution in [-0.4, -0.2) is 41.5 Å². The van der Waals surface area contributed by atoms with Gasteiger partial charge in [0.25, 0.3) is 0 Å². The summed E-state index contributed by atoms with van der Waals surface area (Å²) in [4.78, 5) is 7.01. The highest BCUT2D eigenvalue weighted by atomic mass is 32.2. The van der Waals surface area contributed by atoms with Crippen LogP contribution in [0.5, 0.6) is 0 Å². The van der Waals surface area contributed by atoms with Crippen molar-refractivity contribution in [3.63, 3.8) is 0 Å². The summed E-state index contributed by atoms with van der Waals surface area (Å²) >= 11 is 3.64. The van der Waals surface area contributed by atoms with Crippen LogP contribution in [0.3, 0.4) is 0 Å². The van der Waals surface area contributed by atoms with Crippen molar-refractivity contribution < 1.29 is 0 Å². The van der Waals surface area contributed by atoms with E-state index in [2.05, 4.69) is 35.5 Å². The first kappa shape index (κ1) is 15.0. The van der Waals surface area contributed by atoms with Gasteiger partial charge in [-0.25, -0.2) is 4.98 Å². The zero-order valence-corrected chi connectivity index (χ0v) is 12.6. The monoisotopic (exact) mass is 273 g/mol. The van der Waals surface area contributed by atoms with E-state index in [0.29, 0.717) is 12.6 Å². The Balaban J connectivity index is 2.50. The van der Waals surface area contributed by atoms with Crippen LogP contribution in [0.15, 0.2) is 5.38 Å². The van der Waals surface area contributed by atoms with Crippen LogP contribution in [0.4, 0.5) is 0 Å². The van der Waals surface area contributed by atoms with Crippen LogP contribution in [-0.2, 0) is 13.0 Å². The molecule has 1 atom stereocenters. The molecule has 0 amide bonds. The number of thiazole rings is 1. The molecule has 1 unspecified atom stereocenters. The fourth-order valence-corrected chi connectivity index (χ4v) is 3.47. The zero-order valence-electron chi connectivity index (χ0n) is 11.0. The lowest BCUT2D eigenvalue weighted by atomic mass is 10.2. The minimum absolute atomic E-state index is 0.643. The smallest absolute Gasteiger partial charge is 0.0941 e. The molecule has 0 saturated carbocycles. The van der Waals surface area contributed by atoms with Crippen molar-refractivity contribution in [1.29, 1.82) is 0 Å². The van der Waals surface area contributed by atoms with Gasteiger partial charge in [0.15, 0.2) is 0 Å². The van der Waals surface area contributed by atoms with Crippen molar-refractivity contribution in [2.45, 2.75) is 32.4 Å². The Kier molecular flexibility index (Phi) is 7.11. The number of nitrogens with two attached hydrogens (primary N) is 1. The minimum atomic E-state index is 0.643. The maximum absolute atomic E-state index is 5.53. The number of thioether (sulfide) groups is 1. The van der Waals surface area contributed by atoms with Gasteiger partial charge in [-0.15, -0.1) is 11.3 Å². The summed E-state index contributed by atoms with van der Waals surface area (Å²) in [6, 6.07) is 0.643. The molecule has 98 valence electrons. The first-order chi connectivity index (χ1) is 8.21. The fraction of sp³-hybridized carbons (Fsp3) is 0.750. The molecule has 0 radical (unpaired) electrons. The lowest BCUT2D eigenvalue weighted by Gasteiger charge is -2.25. The van der Waals surface area contributed by atoms with Crippen molar-refractivity contribution in [3.05, 3.63) is 16.1 Å². The van der Waals surface area contributed by atoms with Gasteiger partial charge in [0.1, 0.15) is 0 Å². The molecule has 1 rings (SSSR count). The first-order valence-electron chi connectivity index (χ1n) is 6.03. The predicted molar refractivity (Wildman–Crippen MR) is 78.8 cm³/mol. The Hall–Kier alpha value is -0.100. The number of hydrogen-bond acceptors (Lipinski definition) is 5. The average molecular weight is 273 g/mol. The van der Waals surface area contributed by atoms with E-state index in [4.69, 9.17) is 5.73 Å². The van der Waals surface area contributed by atoms with Gasteiger partial charge in [0, 0.05) is 30.1 Å². The highest BCUT2D eigenvalue weighted by Crippen LogP contribution is 2.15. The van der Waals surface area contributed by atoms with Crippen LogP contribution in [0.2, 0.25) is 0 Å². The summed E-state index contributed by atoms with van der Waals surface area (Å²) in [5.74, 6) is 1.19. The molecule has 1 heterocycles. The van der Waals surface area contributed by atoms with Gasteiger partial charge < -0.3 is 5.73 Å². The third kappa shape index (κ3) is 4.95. The topological polar surface area (TPSA) is 42.1 Å². The van der Waals surface area contributed by atoms with E-state index in [-0.39, 0.29) is 0 Å². The molecule has 0 fully saturated rings. The molecular formula is C12H23N3S2. The van der Waals surface area contributed by atoms with Gasteiger partial charge in [-0.05, 0) is 26.3 Å². The Bertz CT molecular complexity index is 314. The van der Waals surface area contributed by atoms with Gasteiger partial charge in [0.05, 0.1) is 10.7 Å². The fourth-order valence-electron chi connectivity index (χ4n) is 1.79. The summed E-state index contributed by atoms with van der Waals surface area (Å²) in [7, 11) is 2.19. The summed E-state index contributed by atoms with van der Waals surface area (Å²) in [5.41, 5.74) is 6.71. The van der Waals surface area contributed by atoms with Crippen molar-refractivity contribution >= 4 is 23.1 Å². The standard InChI is InChI=1S/C12H23N3S2/c1-4-11(9-16-3)15(2)7-10-8-17-12(14-10)5-6-13/h8,11H,4-7,9,13H2,1-3H3. The SMILES string of the molecule is CCC(CSC)N(C)Cc1csc(CCN)n1. The van der Waals surface area contributed by atoms with Crippen molar-refractivity contribution in [1.82, 2.24) is 9.88 Å². The molecule has 17 heavy (non-hydrogen) atoms. The number of aromatic nitrogens is 1. The summed E-state index contributed by atoms with van der Waals surface area (Å²) in [5, 5.41) is 3.32. The molecular weight excluding hydrogens is 250 g/mol. The van der Waals surface area contributed by atoms with Crippen LogP contribution >= 0.6 is 23.1 Å². The number of nitrogens with zero attached hydrogens (tertiary/aromatic N) is 2. The first-order valence-corrected chi connectivity index (χ1v) is 8.31. The van der Waals surface area contributed by atoms with E-state index < -0.39 is 0 Å². The zero-order chi connectivity index (χ0) is 12.7. The lowest BCUT2D eigenvalue weighted by Crippen LogP contribution is -2.32. The second-order valence-corrected chi connectivity index (χ2v) is 6.06. The van der Waals surface area contributed by atoms with Gasteiger partial charge in [-0.2, -0.15) is 11.8 Å². The summed E-state index contributed by atoms with van der Waals surface area (Å²) in [6.45, 7) is 3.88. The normalized spacial score (nSPS) is 13.2. The van der Waals surface area contributed by atoms with Crippen molar-refractivity contribution in [2.24, 2.45) is 5.73 Å². The Labute approximate surface area is 113 Å². The molecule has 0 aliphatic carbocycles. The Morgan fingerprint density at radius 3 is 2.94 bits per heavy atom. The number of hydrogen-bond donors (Lipinski definition) is 1. The van der Waals surface area contributed by atoms with Gasteiger partial charge in [-0.3, -0.25) is 4.90 Å². The quantitative estimate of drug-likeness (QED) is 0.788. The maximum Gasteiger partial charge on any atom is 0.0941 e. The third-order valence-electron chi connectivity index (χ3n) is 2.82. The molecule has 0 aliphatic heterocycles. The molecule has 5 heteroatoms. The molecule has 0 saturated heterocycles.